The number of amides is 1. The van der Waals surface area contributed by atoms with Crippen molar-refractivity contribution in [3.05, 3.63) is 23.3 Å². The van der Waals surface area contributed by atoms with Crippen LogP contribution in [0.1, 0.15) is 80.2 Å². The predicted octanol–water partition coefficient (Wildman–Crippen LogP) is 3.40. The summed E-state index contributed by atoms with van der Waals surface area (Å²) in [5, 5.41) is 10.4. The standard InChI is InChI=1S/C21H31F2N3O3/c1-21(28)8-2-3-14(11-21)9-17-16(19(24)27)12-25-18(26-17)10-13-4-6-15(7-5-13)29-20(22)23/h12-15,20,28H,2-11H2,1H3,(H2,24,27)/t13?,14-,15?,21-/m0/s1. The molecule has 2 aliphatic carbocycles. The number of halogens is 2. The SMILES string of the molecule is C[C@]1(O)CCC[C@@H](Cc2nc(CC3CCC(OC(F)F)CC3)ncc2C(N)=O)C1. The van der Waals surface area contributed by atoms with E-state index in [1.54, 1.807) is 0 Å². The van der Waals surface area contributed by atoms with Crippen molar-refractivity contribution >= 4 is 5.91 Å². The highest BCUT2D eigenvalue weighted by molar-refractivity contribution is 5.93. The molecule has 3 N–H and O–H groups in total. The monoisotopic (exact) mass is 411 g/mol. The predicted molar refractivity (Wildman–Crippen MR) is 103 cm³/mol. The van der Waals surface area contributed by atoms with Crippen LogP contribution in [0.3, 0.4) is 0 Å². The van der Waals surface area contributed by atoms with Crippen molar-refractivity contribution in [2.75, 3.05) is 0 Å². The van der Waals surface area contributed by atoms with Crippen molar-refractivity contribution in [3.63, 3.8) is 0 Å². The van der Waals surface area contributed by atoms with E-state index in [-0.39, 0.29) is 12.0 Å². The number of hydrogen-bond donors (Lipinski definition) is 2. The van der Waals surface area contributed by atoms with Gasteiger partial charge in [0.05, 0.1) is 23.0 Å². The van der Waals surface area contributed by atoms with E-state index in [1.807, 2.05) is 6.92 Å². The van der Waals surface area contributed by atoms with Gasteiger partial charge in [-0.15, -0.1) is 0 Å². The second kappa shape index (κ2) is 9.43. The van der Waals surface area contributed by atoms with Gasteiger partial charge in [-0.3, -0.25) is 4.79 Å². The molecule has 2 atom stereocenters. The minimum absolute atomic E-state index is 0.251. The molecule has 1 amide bonds. The topological polar surface area (TPSA) is 98.3 Å². The van der Waals surface area contributed by atoms with E-state index < -0.39 is 18.1 Å². The van der Waals surface area contributed by atoms with Crippen molar-refractivity contribution in [2.45, 2.75) is 89.4 Å². The second-order valence-electron chi connectivity index (χ2n) is 8.92. The summed E-state index contributed by atoms with van der Waals surface area (Å²) in [7, 11) is 0. The summed E-state index contributed by atoms with van der Waals surface area (Å²) < 4.78 is 29.3. The summed E-state index contributed by atoms with van der Waals surface area (Å²) in [4.78, 5) is 20.8. The first-order valence-corrected chi connectivity index (χ1v) is 10.5. The van der Waals surface area contributed by atoms with Gasteiger partial charge in [0.15, 0.2) is 0 Å². The van der Waals surface area contributed by atoms with Gasteiger partial charge in [0.25, 0.3) is 5.91 Å². The van der Waals surface area contributed by atoms with Gasteiger partial charge in [0.1, 0.15) is 5.82 Å². The molecule has 0 radical (unpaired) electrons. The van der Waals surface area contributed by atoms with Crippen LogP contribution in [-0.2, 0) is 17.6 Å². The van der Waals surface area contributed by atoms with Crippen molar-refractivity contribution in [1.29, 1.82) is 0 Å². The summed E-state index contributed by atoms with van der Waals surface area (Å²) in [6.07, 6.45) is 8.58. The van der Waals surface area contributed by atoms with Gasteiger partial charge >= 0.3 is 6.61 Å². The van der Waals surface area contributed by atoms with E-state index in [0.717, 1.165) is 32.1 Å². The molecule has 162 valence electrons. The molecule has 3 rings (SSSR count). The Labute approximate surface area is 170 Å². The Bertz CT molecular complexity index is 706. The fraction of sp³-hybridized carbons (Fsp3) is 0.762. The van der Waals surface area contributed by atoms with Crippen LogP contribution in [0.2, 0.25) is 0 Å². The number of alkyl halides is 2. The minimum Gasteiger partial charge on any atom is -0.390 e. The minimum atomic E-state index is -2.72. The van der Waals surface area contributed by atoms with Crippen LogP contribution in [0.5, 0.6) is 0 Å². The molecule has 29 heavy (non-hydrogen) atoms. The van der Waals surface area contributed by atoms with Crippen LogP contribution in [-0.4, -0.2) is 39.3 Å². The largest absolute Gasteiger partial charge is 0.390 e. The van der Waals surface area contributed by atoms with Gasteiger partial charge in [-0.1, -0.05) is 6.42 Å². The highest BCUT2D eigenvalue weighted by atomic mass is 19.3. The van der Waals surface area contributed by atoms with Crippen molar-refractivity contribution < 1.29 is 23.4 Å². The Balaban J connectivity index is 1.65. The fourth-order valence-electron chi connectivity index (χ4n) is 4.84. The molecule has 1 aromatic heterocycles. The number of aliphatic hydroxyl groups is 1. The molecule has 0 aromatic carbocycles. The third-order valence-corrected chi connectivity index (χ3v) is 6.28. The molecule has 0 spiro atoms. The number of ether oxygens (including phenoxy) is 1. The van der Waals surface area contributed by atoms with Crippen molar-refractivity contribution in [3.8, 4) is 0 Å². The zero-order valence-electron chi connectivity index (χ0n) is 16.9. The van der Waals surface area contributed by atoms with Crippen LogP contribution < -0.4 is 5.73 Å². The maximum absolute atomic E-state index is 12.4. The lowest BCUT2D eigenvalue weighted by Crippen LogP contribution is -2.33. The van der Waals surface area contributed by atoms with E-state index in [2.05, 4.69) is 14.7 Å². The molecule has 0 saturated heterocycles. The van der Waals surface area contributed by atoms with E-state index >= 15 is 0 Å². The average molecular weight is 411 g/mol. The number of carbonyl (C=O) groups excluding carboxylic acids is 1. The number of rotatable bonds is 7. The molecule has 2 aliphatic rings. The lowest BCUT2D eigenvalue weighted by molar-refractivity contribution is -0.171. The smallest absolute Gasteiger partial charge is 0.345 e. The van der Waals surface area contributed by atoms with Gasteiger partial charge in [0.2, 0.25) is 0 Å². The second-order valence-corrected chi connectivity index (χ2v) is 8.92. The summed E-state index contributed by atoms with van der Waals surface area (Å²) >= 11 is 0. The molecule has 1 heterocycles. The Hall–Kier alpha value is -1.67. The lowest BCUT2D eigenvalue weighted by atomic mass is 9.77. The number of aromatic nitrogens is 2. The van der Waals surface area contributed by atoms with Gasteiger partial charge in [-0.25, -0.2) is 9.97 Å². The van der Waals surface area contributed by atoms with Crippen LogP contribution >= 0.6 is 0 Å². The maximum atomic E-state index is 12.4. The third kappa shape index (κ3) is 6.40. The highest BCUT2D eigenvalue weighted by Gasteiger charge is 2.31. The van der Waals surface area contributed by atoms with E-state index in [1.165, 1.54) is 6.20 Å². The Morgan fingerprint density at radius 2 is 2.00 bits per heavy atom. The quantitative estimate of drug-likeness (QED) is 0.717. The molecular weight excluding hydrogens is 380 g/mol. The number of hydrogen-bond acceptors (Lipinski definition) is 5. The molecule has 1 aromatic rings. The first-order chi connectivity index (χ1) is 13.7. The zero-order chi connectivity index (χ0) is 21.0. The summed E-state index contributed by atoms with van der Waals surface area (Å²) in [5.41, 5.74) is 5.84. The number of primary amides is 1. The maximum Gasteiger partial charge on any atom is 0.345 e. The molecular formula is C21H31F2N3O3. The van der Waals surface area contributed by atoms with E-state index in [0.29, 0.717) is 55.1 Å². The molecule has 0 bridgehead atoms. The molecule has 0 unspecified atom stereocenters. The lowest BCUT2D eigenvalue weighted by Gasteiger charge is -2.34. The Morgan fingerprint density at radius 3 is 2.62 bits per heavy atom. The van der Waals surface area contributed by atoms with E-state index in [4.69, 9.17) is 5.73 Å². The third-order valence-electron chi connectivity index (χ3n) is 6.28. The summed E-state index contributed by atoms with van der Waals surface area (Å²) in [5.74, 6) is 0.682. The van der Waals surface area contributed by atoms with Crippen molar-refractivity contribution in [1.82, 2.24) is 9.97 Å². The number of nitrogens with zero attached hydrogens (tertiary/aromatic N) is 2. The summed E-state index contributed by atoms with van der Waals surface area (Å²) in [6, 6.07) is 0. The van der Waals surface area contributed by atoms with Crippen LogP contribution in [0.15, 0.2) is 6.20 Å². The first-order valence-electron chi connectivity index (χ1n) is 10.5. The normalized spacial score (nSPS) is 30.4. The Kier molecular flexibility index (Phi) is 7.16. The van der Waals surface area contributed by atoms with Gasteiger partial charge in [0, 0.05) is 12.6 Å². The van der Waals surface area contributed by atoms with Crippen LogP contribution in [0, 0.1) is 11.8 Å². The van der Waals surface area contributed by atoms with E-state index in [9.17, 15) is 18.7 Å². The van der Waals surface area contributed by atoms with Gasteiger partial charge < -0.3 is 15.6 Å². The fourth-order valence-corrected chi connectivity index (χ4v) is 4.84. The molecule has 8 heteroatoms. The molecule has 6 nitrogen and oxygen atoms in total. The highest BCUT2D eigenvalue weighted by Crippen LogP contribution is 2.34. The van der Waals surface area contributed by atoms with Crippen molar-refractivity contribution in [2.24, 2.45) is 17.6 Å². The number of nitrogens with two attached hydrogens (primary N) is 1. The van der Waals surface area contributed by atoms with Gasteiger partial charge in [-0.2, -0.15) is 8.78 Å². The first kappa shape index (κ1) is 22.0. The van der Waals surface area contributed by atoms with Crippen LogP contribution in [0.4, 0.5) is 8.78 Å². The zero-order valence-corrected chi connectivity index (χ0v) is 16.9. The van der Waals surface area contributed by atoms with Crippen LogP contribution in [0.25, 0.3) is 0 Å². The average Bonchev–Trinajstić information content (AvgIpc) is 2.62. The molecule has 2 saturated carbocycles. The Morgan fingerprint density at radius 1 is 1.28 bits per heavy atom. The summed E-state index contributed by atoms with van der Waals surface area (Å²) in [6.45, 7) is -0.863. The molecule has 2 fully saturated rings. The molecule has 0 aliphatic heterocycles. The van der Waals surface area contributed by atoms with Gasteiger partial charge in [-0.05, 0) is 70.1 Å². The number of carbonyl (C=O) groups is 1.